The molecule has 1 radical (unpaired) electrons. The summed E-state index contributed by atoms with van der Waals surface area (Å²) in [4.78, 5) is 33.0. The van der Waals surface area contributed by atoms with Crippen molar-refractivity contribution in [3.8, 4) is 0 Å². The van der Waals surface area contributed by atoms with Crippen molar-refractivity contribution in [2.45, 2.75) is 0 Å². The predicted molar refractivity (Wildman–Crippen MR) is 41.4 cm³/mol. The van der Waals surface area contributed by atoms with Crippen LogP contribution in [0, 0.1) is 103 Å². The molecule has 0 unspecified atom stereocenters. The average Bonchev–Trinajstić information content (AvgIpc) is 1.76. The summed E-state index contributed by atoms with van der Waals surface area (Å²) in [5.41, 5.74) is 0. The molecule has 0 atom stereocenters. The molecular formula is AgCeN4O12. The zero-order chi connectivity index (χ0) is 14.3. The molecule has 0 amide bonds. The Morgan fingerprint density at radius 2 is 0.444 bits per heavy atom. The molecule has 0 saturated heterocycles. The summed E-state index contributed by atoms with van der Waals surface area (Å²) < 4.78 is 0. The zero-order valence-corrected chi connectivity index (χ0v) is 12.1. The first kappa shape index (κ1) is 36.0. The van der Waals surface area contributed by atoms with Gasteiger partial charge in [0.25, 0.3) is 0 Å². The molecule has 0 aromatic rings. The fraction of sp³-hybridized carbons (Fsp3) is 0. The van der Waals surface area contributed by atoms with Crippen LogP contribution in [0.5, 0.6) is 0 Å². The van der Waals surface area contributed by atoms with Crippen molar-refractivity contribution in [3.05, 3.63) is 61.3 Å². The monoisotopic (exact) mass is 495 g/mol. The minimum Gasteiger partial charge on any atom is -0.356 e. The quantitative estimate of drug-likeness (QED) is 0.223. The number of nitrogens with zero attached hydrogens (tertiary/aromatic N) is 4. The maximum absolute atomic E-state index is 8.25. The van der Waals surface area contributed by atoms with Gasteiger partial charge in [0.05, 0.1) is 20.3 Å². The van der Waals surface area contributed by atoms with E-state index in [0.29, 0.717) is 0 Å². The van der Waals surface area contributed by atoms with Crippen LogP contribution >= 0.6 is 0 Å². The fourth-order valence-corrected chi connectivity index (χ4v) is 0. The van der Waals surface area contributed by atoms with Gasteiger partial charge in [-0.15, -0.1) is 0 Å². The first-order chi connectivity index (χ1) is 6.93. The second-order valence-corrected chi connectivity index (χ2v) is 0.894. The molecule has 0 aliphatic heterocycles. The van der Waals surface area contributed by atoms with Gasteiger partial charge in [-0.05, 0) is 0 Å². The Hall–Kier alpha value is -1.08. The van der Waals surface area contributed by atoms with E-state index in [1.807, 2.05) is 0 Å². The van der Waals surface area contributed by atoms with Gasteiger partial charge in [-0.3, -0.25) is 0 Å². The maximum Gasteiger partial charge on any atom is 3.00 e. The molecule has 18 heavy (non-hydrogen) atoms. The maximum atomic E-state index is 8.25. The third kappa shape index (κ3) is 2460. The average molecular weight is 496 g/mol. The third-order valence-electron chi connectivity index (χ3n) is 0. The van der Waals surface area contributed by atoms with Gasteiger partial charge in [0.1, 0.15) is 0 Å². The van der Waals surface area contributed by atoms with Crippen molar-refractivity contribution in [3.63, 3.8) is 0 Å². The Balaban J connectivity index is -0.0000000257. The van der Waals surface area contributed by atoms with E-state index < -0.39 is 20.3 Å². The van der Waals surface area contributed by atoms with Crippen molar-refractivity contribution in [2.75, 3.05) is 0 Å². The van der Waals surface area contributed by atoms with Crippen molar-refractivity contribution in [2.24, 2.45) is 0 Å². The van der Waals surface area contributed by atoms with Crippen LogP contribution < -0.4 is 0 Å². The summed E-state index contributed by atoms with van der Waals surface area (Å²) in [5, 5.41) is 59.0. The fourth-order valence-electron chi connectivity index (χ4n) is 0. The van der Waals surface area contributed by atoms with Crippen LogP contribution in [-0.2, 0) is 22.4 Å². The topological polar surface area (TPSA) is 265 Å². The van der Waals surface area contributed by atoms with E-state index in [2.05, 4.69) is 0 Å². The molecule has 0 aromatic heterocycles. The predicted octanol–water partition coefficient (Wildman–Crippen LogP) is -0.959. The van der Waals surface area contributed by atoms with Crippen LogP contribution in [0.25, 0.3) is 0 Å². The van der Waals surface area contributed by atoms with Crippen LogP contribution in [0.3, 0.4) is 0 Å². The van der Waals surface area contributed by atoms with E-state index in [0.717, 1.165) is 0 Å². The second kappa shape index (κ2) is 29.7. The van der Waals surface area contributed by atoms with E-state index in [-0.39, 0.29) is 64.1 Å². The molecule has 18 heteroatoms. The van der Waals surface area contributed by atoms with Crippen molar-refractivity contribution in [1.82, 2.24) is 0 Å². The molecule has 0 aliphatic carbocycles. The van der Waals surface area contributed by atoms with Crippen molar-refractivity contribution in [1.29, 1.82) is 0 Å². The van der Waals surface area contributed by atoms with Crippen LogP contribution in [0.2, 0.25) is 0 Å². The summed E-state index contributed by atoms with van der Waals surface area (Å²) in [6.07, 6.45) is 0. The molecule has 16 nitrogen and oxygen atoms in total. The molecule has 0 spiro atoms. The number of hydrogen-bond donors (Lipinski definition) is 0. The SMILES string of the molecule is O=[N+]([O-])[O-].O=[N+]([O-])[O-].O=[N+]([O-])[O-].O=[N+]([O-])[O-].[Ag+].[Ce+3]. The van der Waals surface area contributed by atoms with Gasteiger partial charge in [0.2, 0.25) is 0 Å². The third-order valence-corrected chi connectivity index (χ3v) is 0. The zero-order valence-electron chi connectivity index (χ0n) is 7.49. The Labute approximate surface area is 145 Å². The molecule has 0 heterocycles. The van der Waals surface area contributed by atoms with Gasteiger partial charge < -0.3 is 61.3 Å². The minimum atomic E-state index is -1.75. The molecule has 0 aliphatic rings. The molecule has 107 valence electrons. The van der Waals surface area contributed by atoms with Gasteiger partial charge >= 0.3 is 64.1 Å². The summed E-state index contributed by atoms with van der Waals surface area (Å²) in [7, 11) is 0. The van der Waals surface area contributed by atoms with E-state index in [1.165, 1.54) is 0 Å². The van der Waals surface area contributed by atoms with Crippen LogP contribution in [0.1, 0.15) is 0 Å². The van der Waals surface area contributed by atoms with Gasteiger partial charge in [-0.25, -0.2) is 0 Å². The standard InChI is InChI=1S/Ag.Ce.4NO3/c;;4*2-1(3)4/q+1;+3;4*-1. The Kier molecular flexibility index (Phi) is 59.4. The largest absolute Gasteiger partial charge is 3.00 e. The summed E-state index contributed by atoms with van der Waals surface area (Å²) >= 11 is 0. The normalized spacial score (nSPS) is 5.33. The molecule has 0 aromatic carbocycles. The summed E-state index contributed by atoms with van der Waals surface area (Å²) in [6.45, 7) is 0. The molecule has 0 fully saturated rings. The Bertz CT molecular complexity index is 164. The van der Waals surface area contributed by atoms with Crippen LogP contribution in [-0.4, -0.2) is 20.3 Å². The molecule has 0 N–H and O–H groups in total. The van der Waals surface area contributed by atoms with Crippen LogP contribution in [0.4, 0.5) is 0 Å². The van der Waals surface area contributed by atoms with Gasteiger partial charge in [0.15, 0.2) is 0 Å². The van der Waals surface area contributed by atoms with E-state index in [1.54, 1.807) is 0 Å². The number of hydrogen-bond acceptors (Lipinski definition) is 12. The van der Waals surface area contributed by atoms with Gasteiger partial charge in [-0.2, -0.15) is 0 Å². The molecule has 0 bridgehead atoms. The Morgan fingerprint density at radius 3 is 0.444 bits per heavy atom. The molecule has 0 saturated carbocycles. The van der Waals surface area contributed by atoms with E-state index in [4.69, 9.17) is 61.3 Å². The minimum absolute atomic E-state index is 0. The van der Waals surface area contributed by atoms with Gasteiger partial charge in [-0.1, -0.05) is 0 Å². The van der Waals surface area contributed by atoms with Crippen LogP contribution in [0.15, 0.2) is 0 Å². The smallest absolute Gasteiger partial charge is 0.356 e. The molecule has 0 rings (SSSR count). The molecular weight excluding hydrogens is 496 g/mol. The Morgan fingerprint density at radius 1 is 0.444 bits per heavy atom. The van der Waals surface area contributed by atoms with E-state index in [9.17, 15) is 0 Å². The van der Waals surface area contributed by atoms with Crippen molar-refractivity contribution < 1.29 is 84.5 Å². The summed E-state index contributed by atoms with van der Waals surface area (Å²) in [5.74, 6) is 0. The van der Waals surface area contributed by atoms with Crippen molar-refractivity contribution >= 4 is 0 Å². The number of rotatable bonds is 0. The second-order valence-electron chi connectivity index (χ2n) is 0.894. The summed E-state index contributed by atoms with van der Waals surface area (Å²) in [6, 6.07) is 0. The first-order valence-electron chi connectivity index (χ1n) is 2.19. The first-order valence-corrected chi connectivity index (χ1v) is 2.19. The van der Waals surface area contributed by atoms with E-state index >= 15 is 0 Å². The van der Waals surface area contributed by atoms with Gasteiger partial charge in [0, 0.05) is 0 Å².